The smallest absolute Gasteiger partial charge is 0.246 e. The van der Waals surface area contributed by atoms with E-state index in [1.807, 2.05) is 24.0 Å². The Kier molecular flexibility index (Phi) is 5.46. The summed E-state index contributed by atoms with van der Waals surface area (Å²) < 4.78 is 0. The van der Waals surface area contributed by atoms with Gasteiger partial charge in [0.2, 0.25) is 11.8 Å². The zero-order valence-corrected chi connectivity index (χ0v) is 15.0. The highest BCUT2D eigenvalue weighted by molar-refractivity contribution is 5.92. The number of carbonyl (C=O) groups is 2. The van der Waals surface area contributed by atoms with Crippen LogP contribution in [0.1, 0.15) is 42.6 Å². The number of aromatic nitrogens is 3. The van der Waals surface area contributed by atoms with E-state index in [0.29, 0.717) is 12.2 Å². The normalized spacial score (nSPS) is 17.5. The van der Waals surface area contributed by atoms with E-state index in [0.717, 1.165) is 36.3 Å². The van der Waals surface area contributed by atoms with Crippen LogP contribution in [0, 0.1) is 6.92 Å². The van der Waals surface area contributed by atoms with Crippen LogP contribution in [0.15, 0.2) is 30.6 Å². The molecule has 7 heteroatoms. The van der Waals surface area contributed by atoms with Crippen molar-refractivity contribution in [1.82, 2.24) is 20.1 Å². The number of rotatable bonds is 4. The number of nitrogens with one attached hydrogen (secondary N) is 2. The van der Waals surface area contributed by atoms with Gasteiger partial charge in [-0.05, 0) is 37.5 Å². The van der Waals surface area contributed by atoms with Gasteiger partial charge in [-0.2, -0.15) is 5.10 Å². The minimum absolute atomic E-state index is 0.0275. The van der Waals surface area contributed by atoms with Crippen LogP contribution >= 0.6 is 0 Å². The fourth-order valence-corrected chi connectivity index (χ4v) is 3.24. The van der Waals surface area contributed by atoms with Crippen molar-refractivity contribution in [3.05, 3.63) is 47.6 Å². The molecule has 26 heavy (non-hydrogen) atoms. The monoisotopic (exact) mass is 353 g/mol. The number of amides is 2. The molecule has 1 aliphatic heterocycles. The van der Waals surface area contributed by atoms with Gasteiger partial charge >= 0.3 is 0 Å². The molecule has 1 fully saturated rings. The molecule has 0 spiro atoms. The molecule has 136 valence electrons. The minimum atomic E-state index is -0.134. The summed E-state index contributed by atoms with van der Waals surface area (Å²) in [5, 5.41) is 9.80. The molecule has 0 saturated carbocycles. The van der Waals surface area contributed by atoms with E-state index in [2.05, 4.69) is 20.5 Å². The van der Waals surface area contributed by atoms with Crippen LogP contribution in [-0.2, 0) is 9.59 Å². The fraction of sp³-hybridized carbons (Fsp3) is 0.368. The molecule has 2 amide bonds. The van der Waals surface area contributed by atoms with Crippen molar-refractivity contribution in [3.63, 3.8) is 0 Å². The molecule has 2 aromatic rings. The summed E-state index contributed by atoms with van der Waals surface area (Å²) in [6.45, 7) is 4.76. The van der Waals surface area contributed by atoms with E-state index < -0.39 is 0 Å². The van der Waals surface area contributed by atoms with E-state index in [4.69, 9.17) is 0 Å². The van der Waals surface area contributed by atoms with E-state index in [1.165, 1.54) is 6.92 Å². The van der Waals surface area contributed by atoms with Crippen LogP contribution < -0.4 is 5.32 Å². The standard InChI is InChI=1S/C19H23N5O2/c1-13-5-3-9-20-16(13)7-8-18(26)24-10-4-6-15(12-24)19-17(11-21-23-19)22-14(2)25/h3,5,7-9,11,15H,4,6,10,12H2,1-2H3,(H,21,23)(H,22,25)/b8-7+. The van der Waals surface area contributed by atoms with Gasteiger partial charge in [-0.15, -0.1) is 0 Å². The number of hydrogen-bond donors (Lipinski definition) is 2. The Morgan fingerprint density at radius 3 is 3.04 bits per heavy atom. The van der Waals surface area contributed by atoms with Crippen molar-refractivity contribution in [3.8, 4) is 0 Å². The third kappa shape index (κ3) is 4.17. The number of nitrogens with zero attached hydrogens (tertiary/aromatic N) is 3. The molecule has 3 rings (SSSR count). The maximum atomic E-state index is 12.6. The first-order valence-electron chi connectivity index (χ1n) is 8.74. The Balaban J connectivity index is 1.68. The van der Waals surface area contributed by atoms with Crippen LogP contribution in [0.4, 0.5) is 5.69 Å². The van der Waals surface area contributed by atoms with Gasteiger partial charge in [-0.3, -0.25) is 19.7 Å². The molecule has 0 aliphatic carbocycles. The second-order valence-electron chi connectivity index (χ2n) is 6.54. The minimum Gasteiger partial charge on any atom is -0.338 e. The predicted octanol–water partition coefficient (Wildman–Crippen LogP) is 2.49. The lowest BCUT2D eigenvalue weighted by atomic mass is 9.94. The second kappa shape index (κ2) is 7.95. The molecule has 0 radical (unpaired) electrons. The van der Waals surface area contributed by atoms with Crippen molar-refractivity contribution in [1.29, 1.82) is 0 Å². The first-order chi connectivity index (χ1) is 12.5. The summed E-state index contributed by atoms with van der Waals surface area (Å²) in [6.07, 6.45) is 8.53. The Hall–Kier alpha value is -2.96. The lowest BCUT2D eigenvalue weighted by molar-refractivity contribution is -0.127. The second-order valence-corrected chi connectivity index (χ2v) is 6.54. The number of pyridine rings is 1. The third-order valence-corrected chi connectivity index (χ3v) is 4.55. The number of H-pyrrole nitrogens is 1. The summed E-state index contributed by atoms with van der Waals surface area (Å²) in [5.74, 6) is -0.0348. The molecule has 1 atom stereocenters. The predicted molar refractivity (Wildman–Crippen MR) is 99.5 cm³/mol. The number of aromatic amines is 1. The topological polar surface area (TPSA) is 91.0 Å². The molecular weight excluding hydrogens is 330 g/mol. The van der Waals surface area contributed by atoms with Crippen LogP contribution in [0.3, 0.4) is 0 Å². The van der Waals surface area contributed by atoms with E-state index in [-0.39, 0.29) is 17.7 Å². The number of piperidine rings is 1. The van der Waals surface area contributed by atoms with Crippen molar-refractivity contribution in [2.75, 3.05) is 18.4 Å². The van der Waals surface area contributed by atoms with Crippen molar-refractivity contribution in [2.45, 2.75) is 32.6 Å². The lowest BCUT2D eigenvalue weighted by Crippen LogP contribution is -2.38. The highest BCUT2D eigenvalue weighted by Crippen LogP contribution is 2.30. The van der Waals surface area contributed by atoms with Crippen molar-refractivity contribution < 1.29 is 9.59 Å². The highest BCUT2D eigenvalue weighted by atomic mass is 16.2. The van der Waals surface area contributed by atoms with Gasteiger partial charge in [-0.25, -0.2) is 0 Å². The van der Waals surface area contributed by atoms with Gasteiger partial charge < -0.3 is 10.2 Å². The lowest BCUT2D eigenvalue weighted by Gasteiger charge is -2.32. The zero-order chi connectivity index (χ0) is 18.5. The molecule has 7 nitrogen and oxygen atoms in total. The number of likely N-dealkylation sites (tertiary alicyclic amines) is 1. The Bertz CT molecular complexity index is 827. The number of hydrogen-bond acceptors (Lipinski definition) is 4. The Morgan fingerprint density at radius 2 is 2.27 bits per heavy atom. The number of aryl methyl sites for hydroxylation is 1. The van der Waals surface area contributed by atoms with Crippen molar-refractivity contribution >= 4 is 23.6 Å². The molecule has 3 heterocycles. The molecule has 2 N–H and O–H groups in total. The molecule has 1 unspecified atom stereocenters. The highest BCUT2D eigenvalue weighted by Gasteiger charge is 2.26. The first kappa shape index (κ1) is 17.8. The van der Waals surface area contributed by atoms with Crippen LogP contribution in [-0.4, -0.2) is 45.0 Å². The molecule has 0 aromatic carbocycles. The third-order valence-electron chi connectivity index (χ3n) is 4.55. The van der Waals surface area contributed by atoms with E-state index >= 15 is 0 Å². The van der Waals surface area contributed by atoms with Gasteiger partial charge in [-0.1, -0.05) is 6.07 Å². The average molecular weight is 353 g/mol. The van der Waals surface area contributed by atoms with E-state index in [1.54, 1.807) is 24.5 Å². The molecule has 0 bridgehead atoms. The summed E-state index contributed by atoms with van der Waals surface area (Å²) in [7, 11) is 0. The van der Waals surface area contributed by atoms with Crippen LogP contribution in [0.25, 0.3) is 6.08 Å². The maximum absolute atomic E-state index is 12.6. The molecule has 1 saturated heterocycles. The zero-order valence-electron chi connectivity index (χ0n) is 15.0. The Labute approximate surface area is 152 Å². The average Bonchev–Trinajstić information content (AvgIpc) is 3.08. The summed E-state index contributed by atoms with van der Waals surface area (Å²) >= 11 is 0. The van der Waals surface area contributed by atoms with E-state index in [9.17, 15) is 9.59 Å². The van der Waals surface area contributed by atoms with Crippen LogP contribution in [0.5, 0.6) is 0 Å². The van der Waals surface area contributed by atoms with Crippen LogP contribution in [0.2, 0.25) is 0 Å². The SMILES string of the molecule is CC(=O)Nc1cn[nH]c1C1CCCN(C(=O)/C=C/c2ncccc2C)C1. The van der Waals surface area contributed by atoms with Gasteiger partial charge in [0, 0.05) is 38.2 Å². The number of carbonyl (C=O) groups excluding carboxylic acids is 2. The van der Waals surface area contributed by atoms with Gasteiger partial charge in [0.25, 0.3) is 0 Å². The van der Waals surface area contributed by atoms with Gasteiger partial charge in [0.1, 0.15) is 0 Å². The number of anilines is 1. The summed E-state index contributed by atoms with van der Waals surface area (Å²) in [6, 6.07) is 3.84. The molecule has 1 aliphatic rings. The maximum Gasteiger partial charge on any atom is 0.246 e. The van der Waals surface area contributed by atoms with Gasteiger partial charge in [0.05, 0.1) is 23.3 Å². The fourth-order valence-electron chi connectivity index (χ4n) is 3.24. The largest absolute Gasteiger partial charge is 0.338 e. The first-order valence-corrected chi connectivity index (χ1v) is 8.74. The summed E-state index contributed by atoms with van der Waals surface area (Å²) in [4.78, 5) is 30.0. The quantitative estimate of drug-likeness (QED) is 0.826. The van der Waals surface area contributed by atoms with Crippen molar-refractivity contribution in [2.24, 2.45) is 0 Å². The molecular formula is C19H23N5O2. The Morgan fingerprint density at radius 1 is 1.42 bits per heavy atom. The van der Waals surface area contributed by atoms with Gasteiger partial charge in [0.15, 0.2) is 0 Å². The molecule has 2 aromatic heterocycles. The summed E-state index contributed by atoms with van der Waals surface area (Å²) in [5.41, 5.74) is 3.40.